The number of carbonyl (C=O) groups is 1. The normalized spacial score (nSPS) is 39.1. The molecule has 0 radical (unpaired) electrons. The molecule has 1 heterocycles. The highest BCUT2D eigenvalue weighted by atomic mass is 35.5. The van der Waals surface area contributed by atoms with Gasteiger partial charge in [0.1, 0.15) is 6.10 Å². The lowest BCUT2D eigenvalue weighted by atomic mass is 9.47. The van der Waals surface area contributed by atoms with E-state index in [1.54, 1.807) is 5.57 Å². The first-order valence-electron chi connectivity index (χ1n) is 16.4. The average molecular weight is 564 g/mol. The Morgan fingerprint density at radius 1 is 1.05 bits per heavy atom. The Bertz CT molecular complexity index is 853. The minimum Gasteiger partial charge on any atom is -0.462 e. The fourth-order valence-corrected chi connectivity index (χ4v) is 10.1. The van der Waals surface area contributed by atoms with Gasteiger partial charge in [0.15, 0.2) is 0 Å². The molecule has 0 aromatic heterocycles. The molecule has 5 aliphatic rings. The van der Waals surface area contributed by atoms with E-state index in [0.717, 1.165) is 81.2 Å². The monoisotopic (exact) mass is 563 g/mol. The van der Waals surface area contributed by atoms with Crippen LogP contribution < -0.4 is 0 Å². The van der Waals surface area contributed by atoms with Crippen LogP contribution in [0.25, 0.3) is 0 Å². The lowest BCUT2D eigenvalue weighted by Gasteiger charge is -2.58. The minimum atomic E-state index is -0.00711. The molecule has 0 N–H and O–H groups in total. The third-order valence-corrected chi connectivity index (χ3v) is 12.3. The van der Waals surface area contributed by atoms with Crippen LogP contribution in [0.4, 0.5) is 0 Å². The van der Waals surface area contributed by atoms with Crippen molar-refractivity contribution in [2.24, 2.45) is 46.3 Å². The van der Waals surface area contributed by atoms with E-state index < -0.39 is 0 Å². The Morgan fingerprint density at radius 3 is 2.56 bits per heavy atom. The molecule has 0 bridgehead atoms. The molecule has 0 aromatic carbocycles. The molecule has 1 aliphatic heterocycles. The second-order valence-corrected chi connectivity index (χ2v) is 14.8. The van der Waals surface area contributed by atoms with Gasteiger partial charge in [-0.1, -0.05) is 65.5 Å². The summed E-state index contributed by atoms with van der Waals surface area (Å²) in [4.78, 5) is 15.0. The molecule has 0 spiro atoms. The van der Waals surface area contributed by atoms with E-state index in [9.17, 15) is 4.79 Å². The van der Waals surface area contributed by atoms with Crippen molar-refractivity contribution in [3.05, 3.63) is 11.6 Å². The summed E-state index contributed by atoms with van der Waals surface area (Å²) < 4.78 is 11.5. The summed E-state index contributed by atoms with van der Waals surface area (Å²) in [5.74, 6) is 5.22. The van der Waals surface area contributed by atoms with E-state index in [-0.39, 0.29) is 24.5 Å². The quantitative estimate of drug-likeness (QED) is 0.210. The second-order valence-electron chi connectivity index (χ2n) is 14.8. The van der Waals surface area contributed by atoms with Crippen molar-refractivity contribution >= 4 is 18.4 Å². The van der Waals surface area contributed by atoms with Gasteiger partial charge in [-0.15, -0.1) is 12.4 Å². The lowest BCUT2D eigenvalue weighted by Crippen LogP contribution is -2.51. The summed E-state index contributed by atoms with van der Waals surface area (Å²) in [5, 5.41) is 0. The molecule has 8 atom stereocenters. The SMILES string of the molecule is CC(C)CCCC(C)C1CCC2C3CC=C4CC(OC(=O)CCN5CCOCC5)CC[C@]4(C)C3CC[C@]12C.Cl. The number of rotatable bonds is 9. The lowest BCUT2D eigenvalue weighted by molar-refractivity contribution is -0.152. The van der Waals surface area contributed by atoms with Gasteiger partial charge in [-0.2, -0.15) is 0 Å². The number of hydrogen-bond donors (Lipinski definition) is 0. The van der Waals surface area contributed by atoms with E-state index in [1.807, 2.05) is 0 Å². The van der Waals surface area contributed by atoms with E-state index in [0.29, 0.717) is 17.3 Å². The topological polar surface area (TPSA) is 38.8 Å². The molecule has 6 unspecified atom stereocenters. The highest BCUT2D eigenvalue weighted by Gasteiger charge is 2.59. The third-order valence-electron chi connectivity index (χ3n) is 12.3. The Hall–Kier alpha value is -0.580. The number of nitrogens with zero attached hydrogens (tertiary/aromatic N) is 1. The first kappa shape index (κ1) is 31.4. The maximum Gasteiger partial charge on any atom is 0.307 e. The van der Waals surface area contributed by atoms with Crippen molar-refractivity contribution in [3.63, 3.8) is 0 Å². The number of fused-ring (bicyclic) bond motifs is 5. The molecular weight excluding hydrogens is 506 g/mol. The zero-order valence-corrected chi connectivity index (χ0v) is 26.5. The number of ether oxygens (including phenoxy) is 2. The van der Waals surface area contributed by atoms with Crippen LogP contribution in [-0.4, -0.2) is 49.8 Å². The smallest absolute Gasteiger partial charge is 0.307 e. The number of carbonyl (C=O) groups excluding carboxylic acids is 1. The van der Waals surface area contributed by atoms with Crippen molar-refractivity contribution in [2.75, 3.05) is 32.8 Å². The van der Waals surface area contributed by atoms with Crippen LogP contribution >= 0.6 is 12.4 Å². The molecule has 1 saturated heterocycles. The van der Waals surface area contributed by atoms with Gasteiger partial charge in [-0.05, 0) is 91.3 Å². The summed E-state index contributed by atoms with van der Waals surface area (Å²) in [6, 6.07) is 0. The Balaban J connectivity index is 0.00000353. The second kappa shape index (κ2) is 13.2. The van der Waals surface area contributed by atoms with E-state index >= 15 is 0 Å². The van der Waals surface area contributed by atoms with Gasteiger partial charge in [-0.3, -0.25) is 9.69 Å². The summed E-state index contributed by atoms with van der Waals surface area (Å²) in [6.45, 7) is 16.8. The first-order valence-corrected chi connectivity index (χ1v) is 16.4. The Kier molecular flexibility index (Phi) is 10.6. The van der Waals surface area contributed by atoms with Crippen LogP contribution in [0, 0.1) is 46.3 Å². The van der Waals surface area contributed by atoms with Crippen LogP contribution in [0.3, 0.4) is 0 Å². The van der Waals surface area contributed by atoms with E-state index in [1.165, 1.54) is 57.8 Å². The number of esters is 1. The molecule has 5 rings (SSSR count). The molecule has 4 aliphatic carbocycles. The maximum absolute atomic E-state index is 12.7. The number of hydrogen-bond acceptors (Lipinski definition) is 4. The molecule has 5 heteroatoms. The number of allylic oxidation sites excluding steroid dienone is 1. The predicted octanol–water partition coefficient (Wildman–Crippen LogP) is 8.08. The molecule has 3 saturated carbocycles. The van der Waals surface area contributed by atoms with Gasteiger partial charge >= 0.3 is 5.97 Å². The molecule has 4 nitrogen and oxygen atoms in total. The average Bonchev–Trinajstić information content (AvgIpc) is 3.25. The van der Waals surface area contributed by atoms with Gasteiger partial charge in [0.05, 0.1) is 19.6 Å². The van der Waals surface area contributed by atoms with Crippen molar-refractivity contribution in [1.29, 1.82) is 0 Å². The Labute approximate surface area is 245 Å². The molecule has 4 fully saturated rings. The largest absolute Gasteiger partial charge is 0.462 e. The van der Waals surface area contributed by atoms with Crippen LogP contribution in [0.5, 0.6) is 0 Å². The maximum atomic E-state index is 12.7. The molecule has 0 aromatic rings. The van der Waals surface area contributed by atoms with Crippen molar-refractivity contribution in [3.8, 4) is 0 Å². The van der Waals surface area contributed by atoms with Crippen LogP contribution in [0.2, 0.25) is 0 Å². The molecular formula is C34H58ClNO3. The summed E-state index contributed by atoms with van der Waals surface area (Å²) >= 11 is 0. The van der Waals surface area contributed by atoms with Gasteiger partial charge in [-0.25, -0.2) is 0 Å². The van der Waals surface area contributed by atoms with E-state index in [2.05, 4.69) is 45.6 Å². The predicted molar refractivity (Wildman–Crippen MR) is 162 cm³/mol. The van der Waals surface area contributed by atoms with E-state index in [4.69, 9.17) is 9.47 Å². The summed E-state index contributed by atoms with van der Waals surface area (Å²) in [5.41, 5.74) is 2.49. The molecule has 0 amide bonds. The molecule has 224 valence electrons. The number of halogens is 1. The van der Waals surface area contributed by atoms with Crippen LogP contribution in [0.15, 0.2) is 11.6 Å². The third kappa shape index (κ3) is 6.59. The number of morpholine rings is 1. The van der Waals surface area contributed by atoms with Crippen LogP contribution in [-0.2, 0) is 14.3 Å². The highest BCUT2D eigenvalue weighted by Crippen LogP contribution is 2.67. The van der Waals surface area contributed by atoms with Crippen molar-refractivity contribution < 1.29 is 14.3 Å². The Morgan fingerprint density at radius 2 is 1.82 bits per heavy atom. The van der Waals surface area contributed by atoms with Gasteiger partial charge in [0.25, 0.3) is 0 Å². The zero-order chi connectivity index (χ0) is 26.9. The highest BCUT2D eigenvalue weighted by molar-refractivity contribution is 5.85. The van der Waals surface area contributed by atoms with Gasteiger partial charge in [0, 0.05) is 26.1 Å². The van der Waals surface area contributed by atoms with Gasteiger partial charge < -0.3 is 9.47 Å². The van der Waals surface area contributed by atoms with Gasteiger partial charge in [0.2, 0.25) is 0 Å². The fraction of sp³-hybridized carbons (Fsp3) is 0.912. The van der Waals surface area contributed by atoms with Crippen molar-refractivity contribution in [1.82, 2.24) is 4.90 Å². The minimum absolute atomic E-state index is 0. The summed E-state index contributed by atoms with van der Waals surface area (Å²) in [7, 11) is 0. The molecule has 39 heavy (non-hydrogen) atoms. The van der Waals surface area contributed by atoms with Crippen LogP contribution in [0.1, 0.15) is 112 Å². The standard InChI is InChI=1S/C34H57NO3.ClH/c1-24(2)7-6-8-25(3)29-11-12-30-28-10-9-26-23-27(38-32(36)15-18-35-19-21-37-22-20-35)13-16-33(26,4)31(28)14-17-34(29,30)5;/h9,24-25,27-31H,6-8,10-23H2,1-5H3;1H/t25?,27?,28?,29?,30?,31?,33-,34+;/m0./s1. The zero-order valence-electron chi connectivity index (χ0n) is 25.7. The first-order chi connectivity index (χ1) is 18.2. The fourth-order valence-electron chi connectivity index (χ4n) is 10.1. The van der Waals surface area contributed by atoms with Crippen molar-refractivity contribution in [2.45, 2.75) is 118 Å². The summed E-state index contributed by atoms with van der Waals surface area (Å²) in [6.07, 6.45) is 17.7.